The van der Waals surface area contributed by atoms with Crippen molar-refractivity contribution in [2.75, 3.05) is 0 Å². The van der Waals surface area contributed by atoms with Gasteiger partial charge in [0.05, 0.1) is 6.21 Å². The van der Waals surface area contributed by atoms with Gasteiger partial charge in [0.15, 0.2) is 5.11 Å². The number of thiocarbonyl (C=S) groups is 1. The van der Waals surface area contributed by atoms with Crippen LogP contribution in [-0.2, 0) is 0 Å². The SMILES string of the molecule is C[C@@H]1CCCC[C@H]1NC(=S)N/N=C\c1ccsc1. The molecule has 0 saturated heterocycles. The smallest absolute Gasteiger partial charge is 0.187 e. The maximum absolute atomic E-state index is 5.25. The van der Waals surface area contributed by atoms with E-state index in [0.717, 1.165) is 5.56 Å². The van der Waals surface area contributed by atoms with Crippen molar-refractivity contribution in [3.05, 3.63) is 22.4 Å². The van der Waals surface area contributed by atoms with E-state index in [4.69, 9.17) is 12.2 Å². The molecule has 0 unspecified atom stereocenters. The van der Waals surface area contributed by atoms with Crippen molar-refractivity contribution in [1.29, 1.82) is 0 Å². The highest BCUT2D eigenvalue weighted by Crippen LogP contribution is 2.23. The van der Waals surface area contributed by atoms with Crippen molar-refractivity contribution in [3.8, 4) is 0 Å². The summed E-state index contributed by atoms with van der Waals surface area (Å²) in [7, 11) is 0. The average Bonchev–Trinajstić information content (AvgIpc) is 2.85. The fourth-order valence-electron chi connectivity index (χ4n) is 2.25. The summed E-state index contributed by atoms with van der Waals surface area (Å²) < 4.78 is 0. The molecule has 1 aromatic heterocycles. The van der Waals surface area contributed by atoms with E-state index in [9.17, 15) is 0 Å². The summed E-state index contributed by atoms with van der Waals surface area (Å²) in [4.78, 5) is 0. The molecule has 18 heavy (non-hydrogen) atoms. The Morgan fingerprint density at radius 2 is 2.33 bits per heavy atom. The molecule has 2 N–H and O–H groups in total. The number of rotatable bonds is 3. The number of nitrogens with one attached hydrogen (secondary N) is 2. The molecular weight excluding hydrogens is 262 g/mol. The minimum Gasteiger partial charge on any atom is -0.358 e. The van der Waals surface area contributed by atoms with E-state index in [1.165, 1.54) is 25.7 Å². The molecule has 3 nitrogen and oxygen atoms in total. The molecule has 0 bridgehead atoms. The number of nitrogens with zero attached hydrogens (tertiary/aromatic N) is 1. The first kappa shape index (κ1) is 13.5. The molecule has 0 radical (unpaired) electrons. The van der Waals surface area contributed by atoms with Crippen LogP contribution in [0, 0.1) is 5.92 Å². The predicted molar refractivity (Wildman–Crippen MR) is 82.2 cm³/mol. The zero-order valence-electron chi connectivity index (χ0n) is 10.6. The molecule has 1 heterocycles. The first-order valence-corrected chi connectivity index (χ1v) is 7.72. The summed E-state index contributed by atoms with van der Waals surface area (Å²) in [6, 6.07) is 2.52. The van der Waals surface area contributed by atoms with Gasteiger partial charge in [-0.1, -0.05) is 19.8 Å². The maximum Gasteiger partial charge on any atom is 0.187 e. The first-order chi connectivity index (χ1) is 8.75. The molecule has 98 valence electrons. The number of hydrogen-bond donors (Lipinski definition) is 2. The average molecular weight is 281 g/mol. The molecule has 0 aromatic carbocycles. The summed E-state index contributed by atoms with van der Waals surface area (Å²) in [5.74, 6) is 0.694. The van der Waals surface area contributed by atoms with Crippen molar-refractivity contribution in [3.63, 3.8) is 0 Å². The Balaban J connectivity index is 1.74. The quantitative estimate of drug-likeness (QED) is 0.508. The van der Waals surface area contributed by atoms with Gasteiger partial charge in [-0.2, -0.15) is 16.4 Å². The zero-order chi connectivity index (χ0) is 12.8. The third-order valence-electron chi connectivity index (χ3n) is 3.35. The van der Waals surface area contributed by atoms with Crippen LogP contribution >= 0.6 is 23.6 Å². The zero-order valence-corrected chi connectivity index (χ0v) is 12.2. The van der Waals surface area contributed by atoms with Gasteiger partial charge in [0.2, 0.25) is 0 Å². The molecule has 0 aliphatic heterocycles. The minimum absolute atomic E-state index is 0.495. The van der Waals surface area contributed by atoms with Crippen molar-refractivity contribution in [2.45, 2.75) is 38.6 Å². The molecule has 2 rings (SSSR count). The van der Waals surface area contributed by atoms with E-state index >= 15 is 0 Å². The van der Waals surface area contributed by atoms with Gasteiger partial charge in [-0.05, 0) is 47.8 Å². The fraction of sp³-hybridized carbons (Fsp3) is 0.538. The Kier molecular flexibility index (Phi) is 5.13. The van der Waals surface area contributed by atoms with E-state index in [-0.39, 0.29) is 0 Å². The van der Waals surface area contributed by atoms with E-state index in [1.807, 2.05) is 16.8 Å². The molecule has 2 atom stereocenters. The second-order valence-corrected chi connectivity index (χ2v) is 5.96. The second-order valence-electron chi connectivity index (χ2n) is 4.77. The second kappa shape index (κ2) is 6.85. The van der Waals surface area contributed by atoms with Crippen LogP contribution < -0.4 is 10.7 Å². The van der Waals surface area contributed by atoms with E-state index in [2.05, 4.69) is 22.8 Å². The lowest BCUT2D eigenvalue weighted by Gasteiger charge is -2.30. The lowest BCUT2D eigenvalue weighted by Crippen LogP contribution is -2.44. The summed E-state index contributed by atoms with van der Waals surface area (Å²) in [6.07, 6.45) is 6.92. The van der Waals surface area contributed by atoms with E-state index in [1.54, 1.807) is 17.6 Å². The van der Waals surface area contributed by atoms with Crippen LogP contribution in [0.5, 0.6) is 0 Å². The molecular formula is C13H19N3S2. The highest BCUT2D eigenvalue weighted by Gasteiger charge is 2.21. The lowest BCUT2D eigenvalue weighted by molar-refractivity contribution is 0.308. The highest BCUT2D eigenvalue weighted by molar-refractivity contribution is 7.80. The summed E-state index contributed by atoms with van der Waals surface area (Å²) >= 11 is 6.91. The fourth-order valence-corrected chi connectivity index (χ4v) is 3.06. The summed E-state index contributed by atoms with van der Waals surface area (Å²) in [6.45, 7) is 2.29. The van der Waals surface area contributed by atoms with Gasteiger partial charge in [-0.3, -0.25) is 5.43 Å². The number of hydrogen-bond acceptors (Lipinski definition) is 3. The van der Waals surface area contributed by atoms with E-state index < -0.39 is 0 Å². The highest BCUT2D eigenvalue weighted by atomic mass is 32.1. The number of thiophene rings is 1. The molecule has 0 amide bonds. The van der Waals surface area contributed by atoms with Crippen LogP contribution in [0.4, 0.5) is 0 Å². The van der Waals surface area contributed by atoms with Gasteiger partial charge >= 0.3 is 0 Å². The predicted octanol–water partition coefficient (Wildman–Crippen LogP) is 3.12. The van der Waals surface area contributed by atoms with Crippen LogP contribution in [0.3, 0.4) is 0 Å². The van der Waals surface area contributed by atoms with Gasteiger partial charge in [0.25, 0.3) is 0 Å². The third kappa shape index (κ3) is 4.07. The lowest BCUT2D eigenvalue weighted by atomic mass is 9.86. The Hall–Kier alpha value is -0.940. The largest absolute Gasteiger partial charge is 0.358 e. The molecule has 1 aliphatic rings. The molecule has 1 saturated carbocycles. The minimum atomic E-state index is 0.495. The molecule has 0 spiro atoms. The van der Waals surface area contributed by atoms with Crippen molar-refractivity contribution >= 4 is 34.9 Å². The Morgan fingerprint density at radius 1 is 1.50 bits per heavy atom. The Labute approximate surface area is 118 Å². The number of hydrazone groups is 1. The summed E-state index contributed by atoms with van der Waals surface area (Å²) in [5.41, 5.74) is 3.98. The monoisotopic (exact) mass is 281 g/mol. The van der Waals surface area contributed by atoms with Crippen LogP contribution in [-0.4, -0.2) is 17.4 Å². The van der Waals surface area contributed by atoms with Gasteiger partial charge in [0, 0.05) is 11.6 Å². The van der Waals surface area contributed by atoms with Gasteiger partial charge in [-0.25, -0.2) is 0 Å². The maximum atomic E-state index is 5.25. The Bertz CT molecular complexity index is 400. The van der Waals surface area contributed by atoms with Crippen LogP contribution in [0.1, 0.15) is 38.2 Å². The standard InChI is InChI=1S/C13H19N3S2/c1-10-4-2-3-5-12(10)15-13(17)16-14-8-11-6-7-18-9-11/h6-10,12H,2-5H2,1H3,(H2,15,16,17)/b14-8-/t10-,12-/m1/s1. The topological polar surface area (TPSA) is 36.4 Å². The molecule has 5 heteroatoms. The van der Waals surface area contributed by atoms with Gasteiger partial charge < -0.3 is 5.32 Å². The van der Waals surface area contributed by atoms with Crippen molar-refractivity contribution in [1.82, 2.24) is 10.7 Å². The van der Waals surface area contributed by atoms with Gasteiger partial charge in [-0.15, -0.1) is 0 Å². The first-order valence-electron chi connectivity index (χ1n) is 6.37. The third-order valence-corrected chi connectivity index (χ3v) is 4.26. The van der Waals surface area contributed by atoms with Crippen molar-refractivity contribution < 1.29 is 0 Å². The molecule has 1 aromatic rings. The Morgan fingerprint density at radius 3 is 3.06 bits per heavy atom. The van der Waals surface area contributed by atoms with Crippen LogP contribution in [0.25, 0.3) is 0 Å². The van der Waals surface area contributed by atoms with Crippen LogP contribution in [0.15, 0.2) is 21.9 Å². The normalized spacial score (nSPS) is 24.1. The van der Waals surface area contributed by atoms with Crippen molar-refractivity contribution in [2.24, 2.45) is 11.0 Å². The molecule has 1 fully saturated rings. The van der Waals surface area contributed by atoms with Crippen LogP contribution in [0.2, 0.25) is 0 Å². The van der Waals surface area contributed by atoms with Gasteiger partial charge in [0.1, 0.15) is 0 Å². The van der Waals surface area contributed by atoms with E-state index in [0.29, 0.717) is 17.1 Å². The molecule has 1 aliphatic carbocycles. The summed E-state index contributed by atoms with van der Waals surface area (Å²) in [5, 5.41) is 12.2.